The smallest absolute Gasteiger partial charge is 0.288 e. The van der Waals surface area contributed by atoms with Gasteiger partial charge in [0.05, 0.1) is 30.1 Å². The molecule has 1 unspecified atom stereocenters. The normalized spacial score (nSPS) is 12.2. The monoisotopic (exact) mass is 360 g/mol. The number of benzene rings is 1. The fourth-order valence-electron chi connectivity index (χ4n) is 2.72. The highest BCUT2D eigenvalue weighted by Gasteiger charge is 2.31. The summed E-state index contributed by atoms with van der Waals surface area (Å²) in [5, 5.41) is 2.99. The molecule has 0 spiro atoms. The van der Waals surface area contributed by atoms with Crippen LogP contribution in [0.5, 0.6) is 0 Å². The first-order valence-corrected chi connectivity index (χ1v) is 8.56. The van der Waals surface area contributed by atoms with Crippen LogP contribution in [0.15, 0.2) is 59.5 Å². The number of aromatic nitrogens is 2. The van der Waals surface area contributed by atoms with Crippen molar-refractivity contribution in [2.45, 2.75) is 32.2 Å². The standard InChI is InChI=1S/C21H20N4O2/c1-14(18-6-5-11-27-18)24-20(26)21(2,3)16-9-7-15(8-10-16)17-12-23-13-19(22-4)25-17/h5-14H,1-3H3,(H,24,26). The van der Waals surface area contributed by atoms with Gasteiger partial charge in [0.15, 0.2) is 5.69 Å². The maximum atomic E-state index is 12.8. The van der Waals surface area contributed by atoms with E-state index in [1.54, 1.807) is 18.5 Å². The Labute approximate surface area is 158 Å². The van der Waals surface area contributed by atoms with Crippen LogP contribution in [-0.2, 0) is 10.2 Å². The van der Waals surface area contributed by atoms with Crippen molar-refractivity contribution in [3.63, 3.8) is 0 Å². The number of nitrogens with one attached hydrogen (secondary N) is 1. The summed E-state index contributed by atoms with van der Waals surface area (Å²) in [6.45, 7) is 12.7. The second-order valence-electron chi connectivity index (χ2n) is 6.79. The minimum atomic E-state index is -0.719. The van der Waals surface area contributed by atoms with Crippen LogP contribution >= 0.6 is 0 Å². The van der Waals surface area contributed by atoms with E-state index in [1.165, 1.54) is 6.20 Å². The van der Waals surface area contributed by atoms with E-state index < -0.39 is 5.41 Å². The maximum absolute atomic E-state index is 12.8. The Kier molecular flexibility index (Phi) is 5.04. The van der Waals surface area contributed by atoms with Crippen molar-refractivity contribution in [3.05, 3.63) is 77.8 Å². The second-order valence-corrected chi connectivity index (χ2v) is 6.79. The number of amides is 1. The van der Waals surface area contributed by atoms with Gasteiger partial charge in [-0.2, -0.15) is 0 Å². The van der Waals surface area contributed by atoms with Gasteiger partial charge >= 0.3 is 0 Å². The van der Waals surface area contributed by atoms with Gasteiger partial charge in [-0.3, -0.25) is 9.78 Å². The van der Waals surface area contributed by atoms with Gasteiger partial charge in [0, 0.05) is 5.56 Å². The summed E-state index contributed by atoms with van der Waals surface area (Å²) in [5.74, 6) is 0.880. The first kappa shape index (κ1) is 18.3. The molecule has 6 nitrogen and oxygen atoms in total. The number of hydrogen-bond donors (Lipinski definition) is 1. The van der Waals surface area contributed by atoms with Crippen LogP contribution < -0.4 is 5.32 Å². The third-order valence-corrected chi connectivity index (χ3v) is 4.52. The lowest BCUT2D eigenvalue weighted by Crippen LogP contribution is -2.41. The largest absolute Gasteiger partial charge is 0.467 e. The molecule has 1 N–H and O–H groups in total. The molecule has 2 heterocycles. The Hall–Kier alpha value is -3.46. The lowest BCUT2D eigenvalue weighted by Gasteiger charge is -2.26. The Morgan fingerprint density at radius 1 is 1.22 bits per heavy atom. The van der Waals surface area contributed by atoms with Crippen molar-refractivity contribution in [3.8, 4) is 11.3 Å². The highest BCUT2D eigenvalue weighted by molar-refractivity contribution is 5.87. The van der Waals surface area contributed by atoms with Crippen molar-refractivity contribution >= 4 is 11.7 Å². The Balaban J connectivity index is 1.78. The van der Waals surface area contributed by atoms with Gasteiger partial charge in [0.1, 0.15) is 5.76 Å². The number of carbonyl (C=O) groups excluding carboxylic acids is 1. The molecular weight excluding hydrogens is 340 g/mol. The SMILES string of the molecule is [C-]#[N+]c1cncc(-c2ccc(C(C)(C)C(=O)NC(C)c3ccco3)cc2)n1. The molecule has 0 saturated carbocycles. The predicted octanol–water partition coefficient (Wildman–Crippen LogP) is 4.44. The van der Waals surface area contributed by atoms with E-state index in [0.717, 1.165) is 11.1 Å². The van der Waals surface area contributed by atoms with Crippen molar-refractivity contribution in [1.82, 2.24) is 15.3 Å². The molecule has 136 valence electrons. The zero-order valence-corrected chi connectivity index (χ0v) is 15.4. The van der Waals surface area contributed by atoms with E-state index >= 15 is 0 Å². The quantitative estimate of drug-likeness (QED) is 0.683. The highest BCUT2D eigenvalue weighted by Crippen LogP contribution is 2.28. The fraction of sp³-hybridized carbons (Fsp3) is 0.238. The van der Waals surface area contributed by atoms with Gasteiger partial charge in [-0.25, -0.2) is 0 Å². The van der Waals surface area contributed by atoms with E-state index in [0.29, 0.717) is 11.5 Å². The molecule has 0 fully saturated rings. The molecule has 0 bridgehead atoms. The minimum Gasteiger partial charge on any atom is -0.467 e. The highest BCUT2D eigenvalue weighted by atomic mass is 16.3. The average molecular weight is 360 g/mol. The molecule has 0 radical (unpaired) electrons. The van der Waals surface area contributed by atoms with Crippen LogP contribution in [0.4, 0.5) is 5.82 Å². The first-order valence-electron chi connectivity index (χ1n) is 8.56. The molecule has 1 amide bonds. The van der Waals surface area contributed by atoms with Crippen molar-refractivity contribution < 1.29 is 9.21 Å². The molecule has 3 aromatic rings. The second kappa shape index (κ2) is 7.42. The summed E-state index contributed by atoms with van der Waals surface area (Å²) < 4.78 is 5.35. The Bertz CT molecular complexity index is 970. The molecule has 0 aliphatic carbocycles. The zero-order valence-electron chi connectivity index (χ0n) is 15.4. The summed E-state index contributed by atoms with van der Waals surface area (Å²) >= 11 is 0. The van der Waals surface area contributed by atoms with E-state index in [2.05, 4.69) is 20.1 Å². The number of hydrogen-bond acceptors (Lipinski definition) is 4. The summed E-state index contributed by atoms with van der Waals surface area (Å²) in [5.41, 5.74) is 1.63. The third-order valence-electron chi connectivity index (χ3n) is 4.52. The number of furan rings is 1. The minimum absolute atomic E-state index is 0.0889. The van der Waals surface area contributed by atoms with Crippen molar-refractivity contribution in [1.29, 1.82) is 0 Å². The average Bonchev–Trinajstić information content (AvgIpc) is 3.23. The van der Waals surface area contributed by atoms with Crippen molar-refractivity contribution in [2.24, 2.45) is 0 Å². The van der Waals surface area contributed by atoms with E-state index in [9.17, 15) is 4.79 Å². The van der Waals surface area contributed by atoms with Crippen LogP contribution in [0, 0.1) is 6.57 Å². The predicted molar refractivity (Wildman–Crippen MR) is 102 cm³/mol. The van der Waals surface area contributed by atoms with E-state index in [-0.39, 0.29) is 17.8 Å². The lowest BCUT2D eigenvalue weighted by atomic mass is 9.83. The molecule has 3 rings (SSSR count). The zero-order chi connectivity index (χ0) is 19.4. The van der Waals surface area contributed by atoms with Crippen LogP contribution in [0.1, 0.15) is 38.1 Å². The summed E-state index contributed by atoms with van der Waals surface area (Å²) in [6.07, 6.45) is 4.64. The fourth-order valence-corrected chi connectivity index (χ4v) is 2.72. The molecule has 27 heavy (non-hydrogen) atoms. The molecular formula is C21H20N4O2. The van der Waals surface area contributed by atoms with Gasteiger partial charge in [-0.1, -0.05) is 30.8 Å². The summed E-state index contributed by atoms with van der Waals surface area (Å²) in [6, 6.07) is 11.0. The van der Waals surface area contributed by atoms with Crippen molar-refractivity contribution in [2.75, 3.05) is 0 Å². The number of carbonyl (C=O) groups is 1. The van der Waals surface area contributed by atoms with Gasteiger partial charge in [0.2, 0.25) is 5.91 Å². The molecule has 0 saturated heterocycles. The van der Waals surface area contributed by atoms with Crippen LogP contribution in [0.25, 0.3) is 16.1 Å². The van der Waals surface area contributed by atoms with Gasteiger partial charge in [-0.15, -0.1) is 4.98 Å². The van der Waals surface area contributed by atoms with Gasteiger partial charge in [-0.05, 0) is 38.5 Å². The van der Waals surface area contributed by atoms with Crippen LogP contribution in [-0.4, -0.2) is 15.9 Å². The Morgan fingerprint density at radius 3 is 2.59 bits per heavy atom. The van der Waals surface area contributed by atoms with Gasteiger partial charge in [0.25, 0.3) is 5.82 Å². The number of rotatable bonds is 5. The van der Waals surface area contributed by atoms with Crippen LogP contribution in [0.2, 0.25) is 0 Å². The summed E-state index contributed by atoms with van der Waals surface area (Å²) in [7, 11) is 0. The topological polar surface area (TPSA) is 72.4 Å². The third kappa shape index (κ3) is 3.87. The van der Waals surface area contributed by atoms with Gasteiger partial charge < -0.3 is 14.6 Å². The maximum Gasteiger partial charge on any atom is 0.288 e. The lowest BCUT2D eigenvalue weighted by molar-refractivity contribution is -0.126. The van der Waals surface area contributed by atoms with Crippen LogP contribution in [0.3, 0.4) is 0 Å². The molecule has 1 atom stereocenters. The molecule has 6 heteroatoms. The molecule has 1 aromatic carbocycles. The summed E-state index contributed by atoms with van der Waals surface area (Å²) in [4.78, 5) is 24.4. The molecule has 2 aromatic heterocycles. The van der Waals surface area contributed by atoms with E-state index in [1.807, 2.05) is 51.1 Å². The molecule has 0 aliphatic rings. The Morgan fingerprint density at radius 2 is 1.96 bits per heavy atom. The molecule has 0 aliphatic heterocycles. The first-order chi connectivity index (χ1) is 12.9. The van der Waals surface area contributed by atoms with E-state index in [4.69, 9.17) is 11.0 Å². The number of nitrogens with zero attached hydrogens (tertiary/aromatic N) is 3.